The van der Waals surface area contributed by atoms with E-state index in [4.69, 9.17) is 9.84 Å². The third kappa shape index (κ3) is 3.96. The summed E-state index contributed by atoms with van der Waals surface area (Å²) < 4.78 is 5.07. The first kappa shape index (κ1) is 11.3. The third-order valence-electron chi connectivity index (χ3n) is 2.21. The predicted molar refractivity (Wildman–Crippen MR) is 52.9 cm³/mol. The van der Waals surface area contributed by atoms with Gasteiger partial charge in [0, 0.05) is 13.2 Å². The summed E-state index contributed by atoms with van der Waals surface area (Å²) in [6, 6.07) is 0. The average molecular weight is 201 g/mol. The number of ether oxygens (including phenoxy) is 1. The Balaban J connectivity index is 2.10. The van der Waals surface area contributed by atoms with Crippen molar-refractivity contribution in [1.29, 1.82) is 0 Å². The number of aliphatic hydroxyl groups is 1. The normalized spacial score (nSPS) is 25.7. The summed E-state index contributed by atoms with van der Waals surface area (Å²) >= 11 is 0. The van der Waals surface area contributed by atoms with E-state index >= 15 is 0 Å². The van der Waals surface area contributed by atoms with E-state index in [2.05, 4.69) is 5.32 Å². The highest BCUT2D eigenvalue weighted by Gasteiger charge is 2.36. The van der Waals surface area contributed by atoms with E-state index < -0.39 is 5.60 Å². The molecule has 0 aromatic carbocycles. The van der Waals surface area contributed by atoms with E-state index in [1.54, 1.807) is 0 Å². The van der Waals surface area contributed by atoms with Gasteiger partial charge < -0.3 is 15.2 Å². The Bertz CT molecular complexity index is 210. The molecule has 0 radical (unpaired) electrons. The lowest BCUT2D eigenvalue weighted by Gasteiger charge is -2.19. The van der Waals surface area contributed by atoms with Crippen molar-refractivity contribution in [2.75, 3.05) is 13.2 Å². The highest BCUT2D eigenvalue weighted by molar-refractivity contribution is 5.67. The van der Waals surface area contributed by atoms with Gasteiger partial charge in [-0.1, -0.05) is 0 Å². The molecule has 0 unspecified atom stereocenters. The highest BCUT2D eigenvalue weighted by Crippen LogP contribution is 2.36. The van der Waals surface area contributed by atoms with Gasteiger partial charge in [0.05, 0.1) is 0 Å². The molecule has 1 fully saturated rings. The minimum Gasteiger partial charge on any atom is -0.444 e. The topological polar surface area (TPSA) is 58.6 Å². The number of aliphatic hydroxyl groups excluding tert-OH is 1. The van der Waals surface area contributed by atoms with Crippen LogP contribution in [0.4, 0.5) is 4.79 Å². The Morgan fingerprint density at radius 2 is 2.14 bits per heavy atom. The number of carbonyl (C=O) groups excluding carboxylic acids is 1. The Hall–Kier alpha value is -0.770. The van der Waals surface area contributed by atoms with Gasteiger partial charge in [0.25, 0.3) is 0 Å². The summed E-state index contributed by atoms with van der Waals surface area (Å²) in [6.45, 7) is 6.33. The lowest BCUT2D eigenvalue weighted by molar-refractivity contribution is 0.0524. The van der Waals surface area contributed by atoms with Crippen molar-refractivity contribution in [3.05, 3.63) is 0 Å². The molecule has 4 heteroatoms. The second-order valence-corrected chi connectivity index (χ2v) is 4.82. The average Bonchev–Trinajstić information content (AvgIpc) is 2.76. The molecule has 0 heterocycles. The van der Waals surface area contributed by atoms with E-state index in [9.17, 15) is 4.79 Å². The molecule has 2 N–H and O–H groups in total. The van der Waals surface area contributed by atoms with Crippen molar-refractivity contribution in [2.24, 2.45) is 11.8 Å². The Morgan fingerprint density at radius 1 is 1.50 bits per heavy atom. The second-order valence-electron chi connectivity index (χ2n) is 4.82. The van der Waals surface area contributed by atoms with Crippen LogP contribution in [0.2, 0.25) is 0 Å². The van der Waals surface area contributed by atoms with E-state index in [1.165, 1.54) is 0 Å². The van der Waals surface area contributed by atoms with Gasteiger partial charge in [-0.2, -0.15) is 0 Å². The molecule has 0 spiro atoms. The monoisotopic (exact) mass is 201 g/mol. The molecule has 14 heavy (non-hydrogen) atoms. The summed E-state index contributed by atoms with van der Waals surface area (Å²) in [7, 11) is 0. The zero-order valence-corrected chi connectivity index (χ0v) is 9.04. The van der Waals surface area contributed by atoms with Crippen LogP contribution >= 0.6 is 0 Å². The van der Waals surface area contributed by atoms with Crippen LogP contribution in [0.25, 0.3) is 0 Å². The molecule has 1 aliphatic rings. The molecule has 0 aliphatic heterocycles. The van der Waals surface area contributed by atoms with Crippen LogP contribution in [0, 0.1) is 11.8 Å². The molecule has 1 amide bonds. The Labute approximate surface area is 84.6 Å². The van der Waals surface area contributed by atoms with Crippen LogP contribution in [0.3, 0.4) is 0 Å². The molecule has 0 bridgehead atoms. The lowest BCUT2D eigenvalue weighted by Crippen LogP contribution is -2.33. The SMILES string of the molecule is CC(C)(C)OC(=O)NC[C@H]1C[C@@H]1CO. The Kier molecular flexibility index (Phi) is 3.37. The number of carbonyl (C=O) groups is 1. The molecule has 1 aliphatic carbocycles. The van der Waals surface area contributed by atoms with Crippen LogP contribution < -0.4 is 5.32 Å². The number of rotatable bonds is 3. The van der Waals surface area contributed by atoms with Crippen molar-refractivity contribution in [1.82, 2.24) is 5.32 Å². The molecule has 82 valence electrons. The molecular formula is C10H19NO3. The van der Waals surface area contributed by atoms with Crippen LogP contribution in [-0.2, 0) is 4.74 Å². The number of amides is 1. The van der Waals surface area contributed by atoms with Crippen LogP contribution in [0.15, 0.2) is 0 Å². The summed E-state index contributed by atoms with van der Waals surface area (Å²) in [5.74, 6) is 0.817. The minimum absolute atomic E-state index is 0.223. The molecule has 0 saturated heterocycles. The fraction of sp³-hybridized carbons (Fsp3) is 0.900. The van der Waals surface area contributed by atoms with E-state index in [1.807, 2.05) is 20.8 Å². The second kappa shape index (κ2) is 4.17. The van der Waals surface area contributed by atoms with E-state index in [0.717, 1.165) is 6.42 Å². The standard InChI is InChI=1S/C10H19NO3/c1-10(2,3)14-9(13)11-5-7-4-8(7)6-12/h7-8,12H,4-6H2,1-3H3,(H,11,13)/t7-,8-/m1/s1. The first-order valence-electron chi connectivity index (χ1n) is 5.00. The zero-order valence-electron chi connectivity index (χ0n) is 9.04. The molecule has 4 nitrogen and oxygen atoms in total. The lowest BCUT2D eigenvalue weighted by atomic mass is 10.2. The smallest absolute Gasteiger partial charge is 0.407 e. The molecule has 1 rings (SSSR count). The van der Waals surface area contributed by atoms with Crippen LogP contribution in [-0.4, -0.2) is 30.0 Å². The fourth-order valence-corrected chi connectivity index (χ4v) is 1.31. The largest absolute Gasteiger partial charge is 0.444 e. The summed E-state index contributed by atoms with van der Waals surface area (Å²) in [5.41, 5.74) is -0.440. The van der Waals surface area contributed by atoms with Crippen molar-refractivity contribution >= 4 is 6.09 Å². The predicted octanol–water partition coefficient (Wildman–Crippen LogP) is 1.14. The molecule has 2 atom stereocenters. The summed E-state index contributed by atoms with van der Waals surface area (Å²) in [4.78, 5) is 11.2. The minimum atomic E-state index is -0.440. The summed E-state index contributed by atoms with van der Waals surface area (Å²) in [5, 5.41) is 11.5. The van der Waals surface area contributed by atoms with Gasteiger partial charge in [0.1, 0.15) is 5.60 Å². The number of alkyl carbamates (subject to hydrolysis) is 1. The van der Waals surface area contributed by atoms with Gasteiger partial charge in [-0.25, -0.2) is 4.79 Å². The van der Waals surface area contributed by atoms with Gasteiger partial charge in [-0.3, -0.25) is 0 Å². The quantitative estimate of drug-likeness (QED) is 0.720. The Morgan fingerprint density at radius 3 is 2.57 bits per heavy atom. The number of hydrogen-bond donors (Lipinski definition) is 2. The zero-order chi connectivity index (χ0) is 10.8. The van der Waals surface area contributed by atoms with Gasteiger partial charge in [-0.15, -0.1) is 0 Å². The molecule has 0 aromatic rings. The van der Waals surface area contributed by atoms with Gasteiger partial charge >= 0.3 is 6.09 Å². The van der Waals surface area contributed by atoms with E-state index in [-0.39, 0.29) is 12.7 Å². The first-order valence-corrected chi connectivity index (χ1v) is 5.00. The fourth-order valence-electron chi connectivity index (χ4n) is 1.31. The van der Waals surface area contributed by atoms with Gasteiger partial charge in [-0.05, 0) is 39.0 Å². The third-order valence-corrected chi connectivity index (χ3v) is 2.21. The molecule has 1 saturated carbocycles. The maximum atomic E-state index is 11.2. The van der Waals surface area contributed by atoms with Crippen LogP contribution in [0.5, 0.6) is 0 Å². The maximum absolute atomic E-state index is 11.2. The van der Waals surface area contributed by atoms with Crippen molar-refractivity contribution < 1.29 is 14.6 Å². The van der Waals surface area contributed by atoms with Gasteiger partial charge in [0.15, 0.2) is 0 Å². The maximum Gasteiger partial charge on any atom is 0.407 e. The van der Waals surface area contributed by atoms with Crippen molar-refractivity contribution in [3.8, 4) is 0 Å². The van der Waals surface area contributed by atoms with Crippen LogP contribution in [0.1, 0.15) is 27.2 Å². The number of nitrogens with one attached hydrogen (secondary N) is 1. The molecular weight excluding hydrogens is 182 g/mol. The van der Waals surface area contributed by atoms with Crippen molar-refractivity contribution in [3.63, 3.8) is 0 Å². The highest BCUT2D eigenvalue weighted by atomic mass is 16.6. The molecule has 0 aromatic heterocycles. The van der Waals surface area contributed by atoms with Gasteiger partial charge in [0.2, 0.25) is 0 Å². The first-order chi connectivity index (χ1) is 6.42. The number of hydrogen-bond acceptors (Lipinski definition) is 3. The summed E-state index contributed by atoms with van der Waals surface area (Å²) in [6.07, 6.45) is 0.632. The van der Waals surface area contributed by atoms with E-state index in [0.29, 0.717) is 18.4 Å². The van der Waals surface area contributed by atoms with Crippen molar-refractivity contribution in [2.45, 2.75) is 32.8 Å².